The van der Waals surface area contributed by atoms with Gasteiger partial charge in [0.25, 0.3) is 10.1 Å². The topological polar surface area (TPSA) is 130 Å². The number of benzene rings is 2. The molecule has 0 unspecified atom stereocenters. The van der Waals surface area contributed by atoms with Gasteiger partial charge in [-0.05, 0) is 23.3 Å². The molecule has 0 heterocycles. The largest absolute Gasteiger partial charge is 0.523 e. The quantitative estimate of drug-likeness (QED) is 0.225. The Labute approximate surface area is 170 Å². The van der Waals surface area contributed by atoms with Gasteiger partial charge in [0.05, 0.1) is 11.5 Å². The molecule has 9 nitrogen and oxygen atoms in total. The van der Waals surface area contributed by atoms with E-state index in [1.54, 1.807) is 18.2 Å². The number of hydrogen-bond donors (Lipinski definition) is 0. The average molecular weight is 490 g/mol. The van der Waals surface area contributed by atoms with Gasteiger partial charge in [0.15, 0.2) is 0 Å². The van der Waals surface area contributed by atoms with Crippen LogP contribution in [0.5, 0.6) is 0 Å². The lowest BCUT2D eigenvalue weighted by Gasteiger charge is -2.09. The van der Waals surface area contributed by atoms with Gasteiger partial charge in [-0.1, -0.05) is 51.1 Å². The summed E-state index contributed by atoms with van der Waals surface area (Å²) in [4.78, 5) is -0.597. The Morgan fingerprint density at radius 2 is 1.30 bits per heavy atom. The molecule has 0 aliphatic rings. The van der Waals surface area contributed by atoms with E-state index in [2.05, 4.69) is 12.9 Å². The van der Waals surface area contributed by atoms with E-state index < -0.39 is 53.1 Å². The first-order chi connectivity index (χ1) is 13.7. The summed E-state index contributed by atoms with van der Waals surface area (Å²) in [6.45, 7) is -1.01. The molecule has 0 aliphatic heterocycles. The van der Waals surface area contributed by atoms with Crippen LogP contribution in [0.3, 0.4) is 0 Å². The van der Waals surface area contributed by atoms with Crippen LogP contribution >= 0.6 is 0 Å². The van der Waals surface area contributed by atoms with E-state index in [-0.39, 0.29) is 5.56 Å². The SMILES string of the molecule is O=S(=O)(Cc1ccccc1)OOS(=O)(=O)c1ccc(COS(=O)(=O)C(F)(F)F)cc1. The van der Waals surface area contributed by atoms with Crippen molar-refractivity contribution in [2.24, 2.45) is 0 Å². The fourth-order valence-electron chi connectivity index (χ4n) is 1.89. The first-order valence-electron chi connectivity index (χ1n) is 7.66. The summed E-state index contributed by atoms with van der Waals surface area (Å²) in [5.41, 5.74) is -5.40. The van der Waals surface area contributed by atoms with E-state index in [1.165, 1.54) is 12.1 Å². The fourth-order valence-corrected chi connectivity index (χ4v) is 4.14. The minimum absolute atomic E-state index is 0.112. The highest BCUT2D eigenvalue weighted by Gasteiger charge is 2.47. The van der Waals surface area contributed by atoms with Gasteiger partial charge in [0, 0.05) is 0 Å². The van der Waals surface area contributed by atoms with E-state index >= 15 is 0 Å². The first kappa shape index (κ1) is 24.2. The summed E-state index contributed by atoms with van der Waals surface area (Å²) in [5, 5.41) is 0. The van der Waals surface area contributed by atoms with Gasteiger partial charge < -0.3 is 0 Å². The second kappa shape index (κ2) is 8.99. The molecule has 0 atom stereocenters. The summed E-state index contributed by atoms with van der Waals surface area (Å²) in [6.07, 6.45) is 0. The predicted octanol–water partition coefficient (Wildman–Crippen LogP) is 2.22. The average Bonchev–Trinajstić information content (AvgIpc) is 2.65. The van der Waals surface area contributed by atoms with Crippen molar-refractivity contribution < 1.29 is 51.3 Å². The Bertz CT molecular complexity index is 1170. The maximum Gasteiger partial charge on any atom is 0.523 e. The van der Waals surface area contributed by atoms with Crippen LogP contribution in [-0.4, -0.2) is 30.8 Å². The maximum absolute atomic E-state index is 12.2. The standard InChI is InChI=1S/C15H13F3O9S3/c16-15(17,18)30(23,24)25-10-12-6-8-14(9-7-12)29(21,22)27-26-28(19,20)11-13-4-2-1-3-5-13/h1-9H,10-11H2. The van der Waals surface area contributed by atoms with Crippen LogP contribution in [0.1, 0.15) is 11.1 Å². The molecule has 0 spiro atoms. The van der Waals surface area contributed by atoms with Gasteiger partial charge in [0.1, 0.15) is 5.75 Å². The molecule has 0 aliphatic carbocycles. The van der Waals surface area contributed by atoms with Gasteiger partial charge >= 0.3 is 25.7 Å². The van der Waals surface area contributed by atoms with Crippen molar-refractivity contribution in [3.8, 4) is 0 Å². The molecule has 2 aromatic rings. The van der Waals surface area contributed by atoms with Crippen LogP contribution in [-0.2, 0) is 55.6 Å². The van der Waals surface area contributed by atoms with Crippen molar-refractivity contribution in [2.45, 2.75) is 22.8 Å². The van der Waals surface area contributed by atoms with Crippen molar-refractivity contribution in [1.29, 1.82) is 0 Å². The summed E-state index contributed by atoms with van der Waals surface area (Å²) < 4.78 is 118. The monoisotopic (exact) mass is 490 g/mol. The van der Waals surface area contributed by atoms with Gasteiger partial charge in [-0.2, -0.15) is 38.4 Å². The molecule has 30 heavy (non-hydrogen) atoms. The molecule has 0 saturated carbocycles. The summed E-state index contributed by atoms with van der Waals surface area (Å²) in [6, 6.07) is 11.3. The summed E-state index contributed by atoms with van der Waals surface area (Å²) in [7, 11) is -14.9. The minimum Gasteiger partial charge on any atom is -0.258 e. The lowest BCUT2D eigenvalue weighted by atomic mass is 10.2. The van der Waals surface area contributed by atoms with Crippen molar-refractivity contribution in [3.05, 3.63) is 65.7 Å². The Balaban J connectivity index is 2.01. The van der Waals surface area contributed by atoms with Crippen LogP contribution in [0, 0.1) is 0 Å². The molecule has 0 amide bonds. The lowest BCUT2D eigenvalue weighted by Crippen LogP contribution is -2.25. The number of hydrogen-bond acceptors (Lipinski definition) is 9. The van der Waals surface area contributed by atoms with Crippen LogP contribution in [0.4, 0.5) is 13.2 Å². The minimum atomic E-state index is -5.81. The van der Waals surface area contributed by atoms with E-state index in [0.29, 0.717) is 5.56 Å². The molecule has 166 valence electrons. The predicted molar refractivity (Wildman–Crippen MR) is 94.6 cm³/mol. The van der Waals surface area contributed by atoms with Gasteiger partial charge in [-0.3, -0.25) is 4.18 Å². The molecule has 0 bridgehead atoms. The highest BCUT2D eigenvalue weighted by molar-refractivity contribution is 7.88. The molecule has 0 radical (unpaired) electrons. The zero-order valence-corrected chi connectivity index (χ0v) is 17.1. The molecule has 2 rings (SSSR count). The number of rotatable bonds is 9. The third-order valence-electron chi connectivity index (χ3n) is 3.28. The highest BCUT2D eigenvalue weighted by atomic mass is 32.2. The van der Waals surface area contributed by atoms with Crippen molar-refractivity contribution in [3.63, 3.8) is 0 Å². The third kappa shape index (κ3) is 6.75. The van der Waals surface area contributed by atoms with Crippen LogP contribution in [0.25, 0.3) is 0 Å². The van der Waals surface area contributed by atoms with Crippen LogP contribution < -0.4 is 0 Å². The fraction of sp³-hybridized carbons (Fsp3) is 0.200. The van der Waals surface area contributed by atoms with Gasteiger partial charge in [-0.25, -0.2) is 0 Å². The first-order valence-corrected chi connectivity index (χ1v) is 12.1. The zero-order valence-electron chi connectivity index (χ0n) is 14.6. The molecule has 15 heteroatoms. The molecule has 2 aromatic carbocycles. The van der Waals surface area contributed by atoms with E-state index in [1.807, 2.05) is 0 Å². The molecule has 0 N–H and O–H groups in total. The molecule has 0 saturated heterocycles. The second-order valence-corrected chi connectivity index (χ2v) is 10.2. The Hall–Kier alpha value is -2.04. The van der Waals surface area contributed by atoms with Crippen molar-refractivity contribution >= 4 is 30.4 Å². The molecule has 0 fully saturated rings. The van der Waals surface area contributed by atoms with Crippen molar-refractivity contribution in [1.82, 2.24) is 0 Å². The molecular formula is C15H13F3O9S3. The highest BCUT2D eigenvalue weighted by Crippen LogP contribution is 2.25. The van der Waals surface area contributed by atoms with E-state index in [9.17, 15) is 38.4 Å². The smallest absolute Gasteiger partial charge is 0.258 e. The zero-order chi connectivity index (χ0) is 22.6. The number of halogens is 3. The third-order valence-corrected chi connectivity index (χ3v) is 6.42. The summed E-state index contributed by atoms with van der Waals surface area (Å²) >= 11 is 0. The lowest BCUT2D eigenvalue weighted by molar-refractivity contribution is -0.0854. The Kier molecular flexibility index (Phi) is 7.26. The number of alkyl halides is 3. The van der Waals surface area contributed by atoms with Crippen LogP contribution in [0.15, 0.2) is 59.5 Å². The van der Waals surface area contributed by atoms with Gasteiger partial charge in [-0.15, -0.1) is 0 Å². The Morgan fingerprint density at radius 3 is 1.83 bits per heavy atom. The van der Waals surface area contributed by atoms with E-state index in [4.69, 9.17) is 0 Å². The van der Waals surface area contributed by atoms with Crippen molar-refractivity contribution in [2.75, 3.05) is 0 Å². The second-order valence-electron chi connectivity index (χ2n) is 5.58. The van der Waals surface area contributed by atoms with Gasteiger partial charge in [0.2, 0.25) is 0 Å². The Morgan fingerprint density at radius 1 is 0.733 bits per heavy atom. The molecular weight excluding hydrogens is 477 g/mol. The molecule has 0 aromatic heterocycles. The van der Waals surface area contributed by atoms with Crippen LogP contribution in [0.2, 0.25) is 0 Å². The van der Waals surface area contributed by atoms with E-state index in [0.717, 1.165) is 24.3 Å². The summed E-state index contributed by atoms with van der Waals surface area (Å²) in [5.74, 6) is -0.659. The maximum atomic E-state index is 12.2. The normalized spacial score (nSPS) is 13.3.